The van der Waals surface area contributed by atoms with Crippen LogP contribution in [0.15, 0.2) is 30.3 Å². The third kappa shape index (κ3) is 11.5. The van der Waals surface area contributed by atoms with E-state index in [-0.39, 0.29) is 36.6 Å². The normalized spacial score (nSPS) is 14.1. The number of sulfonamides is 1. The summed E-state index contributed by atoms with van der Waals surface area (Å²) in [5.41, 5.74) is 2.36. The van der Waals surface area contributed by atoms with Gasteiger partial charge >= 0.3 is 0 Å². The number of hydrogen-bond acceptors (Lipinski definition) is 8. The Labute approximate surface area is 250 Å². The van der Waals surface area contributed by atoms with Gasteiger partial charge in [-0.3, -0.25) is 4.79 Å². The molecule has 1 heterocycles. The summed E-state index contributed by atoms with van der Waals surface area (Å²) in [5, 5.41) is 10.3. The third-order valence-electron chi connectivity index (χ3n) is 6.26. The maximum atomic E-state index is 13.8. The van der Waals surface area contributed by atoms with Crippen molar-refractivity contribution in [2.45, 2.75) is 79.1 Å². The topological polar surface area (TPSA) is 119 Å². The maximum Gasteiger partial charge on any atom is 0.239 e. The minimum Gasteiger partial charge on any atom is -0.373 e. The lowest BCUT2D eigenvalue weighted by Gasteiger charge is -2.27. The smallest absolute Gasteiger partial charge is 0.239 e. The molecule has 1 aromatic carbocycles. The standard InChI is InChI=1S/C31H46FN3O6S/c1-20(2)18-40-19-25(36)17-26(41-31(6,7)37)16-22(5)10-15-27-28(21(3)4)33-30(35(8)42(9,38)39)34-29(27)23-11-13-24(32)14-12-23/h10-15,20-22,26,37H,16-19H2,1-9H3/b15-10+/t22-,26-/m1/s1. The number of aromatic nitrogens is 2. The highest BCUT2D eigenvalue weighted by atomic mass is 32.2. The van der Waals surface area contributed by atoms with Crippen molar-refractivity contribution in [3.8, 4) is 11.3 Å². The van der Waals surface area contributed by atoms with Crippen LogP contribution in [0.25, 0.3) is 17.3 Å². The molecule has 0 aliphatic rings. The third-order valence-corrected chi connectivity index (χ3v) is 7.42. The van der Waals surface area contributed by atoms with E-state index in [9.17, 15) is 22.7 Å². The molecule has 11 heteroatoms. The molecule has 0 amide bonds. The first-order valence-corrected chi connectivity index (χ1v) is 16.0. The van der Waals surface area contributed by atoms with E-state index in [4.69, 9.17) is 9.47 Å². The lowest BCUT2D eigenvalue weighted by atomic mass is 9.95. The molecule has 42 heavy (non-hydrogen) atoms. The van der Waals surface area contributed by atoms with E-state index in [1.807, 2.05) is 46.8 Å². The van der Waals surface area contributed by atoms with Crippen LogP contribution in [-0.2, 0) is 24.3 Å². The van der Waals surface area contributed by atoms with Crippen molar-refractivity contribution in [2.75, 3.05) is 30.8 Å². The molecule has 0 bridgehead atoms. The number of ether oxygens (including phenoxy) is 2. The summed E-state index contributed by atoms with van der Waals surface area (Å²) in [5.74, 6) is -1.80. The van der Waals surface area contributed by atoms with Crippen molar-refractivity contribution < 1.29 is 32.2 Å². The van der Waals surface area contributed by atoms with E-state index in [0.717, 1.165) is 10.6 Å². The zero-order valence-electron chi connectivity index (χ0n) is 26.2. The first-order valence-electron chi connectivity index (χ1n) is 14.2. The number of benzene rings is 1. The average molecular weight is 608 g/mol. The van der Waals surface area contributed by atoms with Gasteiger partial charge in [0.05, 0.1) is 23.7 Å². The molecule has 234 valence electrons. The van der Waals surface area contributed by atoms with Crippen molar-refractivity contribution in [1.29, 1.82) is 0 Å². The minimum absolute atomic E-state index is 0.0154. The molecule has 0 unspecified atom stereocenters. The number of halogens is 1. The molecular formula is C31H46FN3O6S. The van der Waals surface area contributed by atoms with E-state index in [2.05, 4.69) is 9.97 Å². The summed E-state index contributed by atoms with van der Waals surface area (Å²) in [6.45, 7) is 13.4. The van der Waals surface area contributed by atoms with Crippen molar-refractivity contribution >= 4 is 27.8 Å². The molecule has 0 fully saturated rings. The van der Waals surface area contributed by atoms with Crippen LogP contribution in [0.3, 0.4) is 0 Å². The minimum atomic E-state index is -3.63. The number of aliphatic hydroxyl groups is 1. The Kier molecular flexibility index (Phi) is 12.8. The van der Waals surface area contributed by atoms with Crippen LogP contribution in [0.4, 0.5) is 10.3 Å². The Hall–Kier alpha value is -2.73. The molecule has 0 aliphatic heterocycles. The monoisotopic (exact) mass is 607 g/mol. The van der Waals surface area contributed by atoms with Crippen LogP contribution in [0.1, 0.15) is 78.5 Å². The molecule has 2 rings (SSSR count). The molecular weight excluding hydrogens is 561 g/mol. The van der Waals surface area contributed by atoms with E-state index >= 15 is 0 Å². The fourth-order valence-electron chi connectivity index (χ4n) is 4.25. The lowest BCUT2D eigenvalue weighted by Crippen LogP contribution is -2.33. The Morgan fingerprint density at radius 2 is 1.74 bits per heavy atom. The molecule has 0 saturated heterocycles. The second kappa shape index (κ2) is 15.1. The van der Waals surface area contributed by atoms with Crippen LogP contribution in [0.5, 0.6) is 0 Å². The SMILES string of the molecule is CC(C)COCC(=O)C[C@@H](C[C@H](C)/C=C/c1c(-c2ccc(F)cc2)nc(N(C)S(C)(=O)=O)nc1C(C)C)OC(C)(C)O. The highest BCUT2D eigenvalue weighted by Crippen LogP contribution is 2.32. The molecule has 2 atom stereocenters. The lowest BCUT2D eigenvalue weighted by molar-refractivity contribution is -0.209. The van der Waals surface area contributed by atoms with Crippen LogP contribution in [0, 0.1) is 17.7 Å². The highest BCUT2D eigenvalue weighted by molar-refractivity contribution is 7.92. The average Bonchev–Trinajstić information content (AvgIpc) is 2.85. The second-order valence-corrected chi connectivity index (χ2v) is 14.0. The van der Waals surface area contributed by atoms with Gasteiger partial charge in [0.2, 0.25) is 16.0 Å². The number of ketones is 1. The number of nitrogens with zero attached hydrogens (tertiary/aromatic N) is 3. The van der Waals surface area contributed by atoms with Crippen LogP contribution < -0.4 is 4.31 Å². The molecule has 0 spiro atoms. The number of rotatable bonds is 16. The van der Waals surface area contributed by atoms with Gasteiger partial charge in [-0.05, 0) is 62.3 Å². The quantitative estimate of drug-likeness (QED) is 0.246. The molecule has 0 radical (unpaired) electrons. The van der Waals surface area contributed by atoms with Crippen LogP contribution in [0.2, 0.25) is 0 Å². The summed E-state index contributed by atoms with van der Waals surface area (Å²) in [6.07, 6.45) is 4.87. The number of allylic oxidation sites excluding steroid dienone is 1. The first-order chi connectivity index (χ1) is 19.4. The van der Waals surface area contributed by atoms with Crippen LogP contribution in [-0.4, -0.2) is 67.7 Å². The van der Waals surface area contributed by atoms with Crippen molar-refractivity contribution in [2.24, 2.45) is 11.8 Å². The van der Waals surface area contributed by atoms with Gasteiger partial charge in [-0.15, -0.1) is 0 Å². The van der Waals surface area contributed by atoms with Gasteiger partial charge in [0.25, 0.3) is 0 Å². The number of hydrogen-bond donors (Lipinski definition) is 1. The molecule has 2 aromatic rings. The number of Topliss-reactive ketones (excluding diaryl/α,β-unsaturated/α-hetero) is 1. The molecule has 1 aromatic heterocycles. The summed E-state index contributed by atoms with van der Waals surface area (Å²) < 4.78 is 50.7. The summed E-state index contributed by atoms with van der Waals surface area (Å²) in [7, 11) is -2.24. The van der Waals surface area contributed by atoms with Gasteiger partial charge in [-0.25, -0.2) is 27.1 Å². The van der Waals surface area contributed by atoms with Gasteiger partial charge < -0.3 is 14.6 Å². The Morgan fingerprint density at radius 1 is 1.12 bits per heavy atom. The predicted octanol–water partition coefficient (Wildman–Crippen LogP) is 5.59. The van der Waals surface area contributed by atoms with Gasteiger partial charge in [-0.1, -0.05) is 46.8 Å². The molecule has 1 N–H and O–H groups in total. The number of anilines is 1. The van der Waals surface area contributed by atoms with Gasteiger partial charge in [0, 0.05) is 31.2 Å². The van der Waals surface area contributed by atoms with Crippen molar-refractivity contribution in [3.63, 3.8) is 0 Å². The van der Waals surface area contributed by atoms with E-state index in [0.29, 0.717) is 41.5 Å². The molecule has 0 saturated carbocycles. The van der Waals surface area contributed by atoms with Crippen molar-refractivity contribution in [3.05, 3.63) is 47.4 Å². The van der Waals surface area contributed by atoms with Gasteiger partial charge in [0.15, 0.2) is 11.6 Å². The zero-order chi connectivity index (χ0) is 31.8. The molecule has 0 aliphatic carbocycles. The fourth-order valence-corrected chi connectivity index (χ4v) is 4.63. The van der Waals surface area contributed by atoms with Gasteiger partial charge in [-0.2, -0.15) is 0 Å². The summed E-state index contributed by atoms with van der Waals surface area (Å²) in [4.78, 5) is 21.8. The van der Waals surface area contributed by atoms with Gasteiger partial charge in [0.1, 0.15) is 12.4 Å². The van der Waals surface area contributed by atoms with Crippen LogP contribution >= 0.6 is 0 Å². The largest absolute Gasteiger partial charge is 0.373 e. The van der Waals surface area contributed by atoms with Crippen molar-refractivity contribution in [1.82, 2.24) is 9.97 Å². The highest BCUT2D eigenvalue weighted by Gasteiger charge is 2.25. The summed E-state index contributed by atoms with van der Waals surface area (Å²) in [6, 6.07) is 5.83. The zero-order valence-corrected chi connectivity index (χ0v) is 27.0. The number of carbonyl (C=O) groups is 1. The fraction of sp³-hybridized carbons (Fsp3) is 0.581. The first kappa shape index (κ1) is 35.5. The Morgan fingerprint density at radius 3 is 2.26 bits per heavy atom. The van der Waals surface area contributed by atoms with E-state index < -0.39 is 27.7 Å². The molecule has 9 nitrogen and oxygen atoms in total. The predicted molar refractivity (Wildman–Crippen MR) is 164 cm³/mol. The van der Waals surface area contributed by atoms with E-state index in [1.165, 1.54) is 33.0 Å². The number of carbonyl (C=O) groups excluding carboxylic acids is 1. The summed E-state index contributed by atoms with van der Waals surface area (Å²) >= 11 is 0. The maximum absolute atomic E-state index is 13.8. The Bertz CT molecular complexity index is 1320. The Balaban J connectivity index is 2.46. The second-order valence-electron chi connectivity index (χ2n) is 12.0. The van der Waals surface area contributed by atoms with E-state index in [1.54, 1.807) is 12.1 Å².